The van der Waals surface area contributed by atoms with Crippen molar-refractivity contribution in [1.29, 1.82) is 0 Å². The number of furan rings is 1. The van der Waals surface area contributed by atoms with Crippen LogP contribution in [0.15, 0.2) is 34.7 Å². The molecule has 1 aromatic carbocycles. The van der Waals surface area contributed by atoms with Gasteiger partial charge in [-0.1, -0.05) is 0 Å². The maximum atomic E-state index is 12.6. The Morgan fingerprint density at radius 3 is 2.63 bits per heavy atom. The second-order valence-corrected chi connectivity index (χ2v) is 6.62. The van der Waals surface area contributed by atoms with Gasteiger partial charge in [-0.15, -0.1) is 0 Å². The number of rotatable bonds is 7. The number of benzene rings is 1. The fourth-order valence-corrected chi connectivity index (χ4v) is 3.02. The van der Waals surface area contributed by atoms with E-state index < -0.39 is 5.97 Å². The first-order valence-electron chi connectivity index (χ1n) is 8.86. The molecule has 2 heterocycles. The van der Waals surface area contributed by atoms with Crippen molar-refractivity contribution in [3.63, 3.8) is 0 Å². The zero-order valence-corrected chi connectivity index (χ0v) is 15.4. The second kappa shape index (κ2) is 8.26. The molecule has 144 valence electrons. The quantitative estimate of drug-likeness (QED) is 0.802. The van der Waals surface area contributed by atoms with Gasteiger partial charge in [0.05, 0.1) is 12.6 Å². The Balaban J connectivity index is 1.57. The standard InChI is InChI=1S/C20H23NO6/c1-13-18(20(23)24)10-17(27-13)11-21(2)19(22)14-5-7-15(8-6-14)26-12-16-4-3-9-25-16/h5-8,10,16H,3-4,9,11-12H2,1-2H3,(H,23,24)/t16-/m0/s1. The summed E-state index contributed by atoms with van der Waals surface area (Å²) < 4.78 is 16.6. The lowest BCUT2D eigenvalue weighted by atomic mass is 10.2. The first kappa shape index (κ1) is 19.0. The molecule has 1 saturated heterocycles. The minimum atomic E-state index is -1.05. The van der Waals surface area contributed by atoms with Crippen molar-refractivity contribution >= 4 is 11.9 Å². The van der Waals surface area contributed by atoms with Crippen LogP contribution in [0.25, 0.3) is 0 Å². The summed E-state index contributed by atoms with van der Waals surface area (Å²) in [6, 6.07) is 8.38. The molecule has 0 radical (unpaired) electrons. The van der Waals surface area contributed by atoms with Crippen molar-refractivity contribution in [2.24, 2.45) is 0 Å². The molecule has 0 spiro atoms. The minimum Gasteiger partial charge on any atom is -0.491 e. The van der Waals surface area contributed by atoms with Crippen molar-refractivity contribution in [2.45, 2.75) is 32.4 Å². The van der Waals surface area contributed by atoms with E-state index in [1.165, 1.54) is 11.0 Å². The highest BCUT2D eigenvalue weighted by Gasteiger charge is 2.19. The highest BCUT2D eigenvalue weighted by molar-refractivity contribution is 5.94. The van der Waals surface area contributed by atoms with Crippen LogP contribution in [-0.2, 0) is 11.3 Å². The summed E-state index contributed by atoms with van der Waals surface area (Å²) in [5, 5.41) is 9.08. The molecule has 7 heteroatoms. The molecule has 1 aromatic heterocycles. The van der Waals surface area contributed by atoms with Gasteiger partial charge in [-0.05, 0) is 50.1 Å². The highest BCUT2D eigenvalue weighted by atomic mass is 16.5. The summed E-state index contributed by atoms with van der Waals surface area (Å²) >= 11 is 0. The van der Waals surface area contributed by atoms with Crippen LogP contribution in [0.2, 0.25) is 0 Å². The number of carbonyl (C=O) groups excluding carboxylic acids is 1. The van der Waals surface area contributed by atoms with Gasteiger partial charge in [0.15, 0.2) is 0 Å². The van der Waals surface area contributed by atoms with Gasteiger partial charge in [-0.3, -0.25) is 4.79 Å². The SMILES string of the molecule is Cc1oc(CN(C)C(=O)c2ccc(OC[C@@H]3CCCO3)cc2)cc1C(=O)O. The first-order chi connectivity index (χ1) is 12.9. The van der Waals surface area contributed by atoms with Gasteiger partial charge in [0.25, 0.3) is 5.91 Å². The summed E-state index contributed by atoms with van der Waals surface area (Å²) in [5.74, 6) is 0.211. The van der Waals surface area contributed by atoms with E-state index in [4.69, 9.17) is 19.0 Å². The van der Waals surface area contributed by atoms with Crippen molar-refractivity contribution in [1.82, 2.24) is 4.90 Å². The summed E-state index contributed by atoms with van der Waals surface area (Å²) in [4.78, 5) is 25.1. The smallest absolute Gasteiger partial charge is 0.339 e. The number of nitrogens with zero attached hydrogens (tertiary/aromatic N) is 1. The molecule has 1 aliphatic heterocycles. The average Bonchev–Trinajstić information content (AvgIpc) is 3.29. The number of carboxylic acid groups (broad SMARTS) is 1. The van der Waals surface area contributed by atoms with Crippen LogP contribution >= 0.6 is 0 Å². The van der Waals surface area contributed by atoms with Crippen molar-refractivity contribution in [2.75, 3.05) is 20.3 Å². The first-order valence-corrected chi connectivity index (χ1v) is 8.86. The molecule has 0 aliphatic carbocycles. The molecule has 1 atom stereocenters. The fraction of sp³-hybridized carbons (Fsp3) is 0.400. The maximum Gasteiger partial charge on any atom is 0.339 e. The summed E-state index contributed by atoms with van der Waals surface area (Å²) in [7, 11) is 1.64. The third-order valence-electron chi connectivity index (χ3n) is 4.50. The third kappa shape index (κ3) is 4.68. The van der Waals surface area contributed by atoms with Crippen LogP contribution in [0.3, 0.4) is 0 Å². The van der Waals surface area contributed by atoms with Gasteiger partial charge in [0, 0.05) is 19.2 Å². The zero-order valence-electron chi connectivity index (χ0n) is 15.4. The Labute approximate surface area is 157 Å². The molecule has 1 N–H and O–H groups in total. The number of hydrogen-bond acceptors (Lipinski definition) is 5. The summed E-state index contributed by atoms with van der Waals surface area (Å²) in [6.45, 7) is 3.07. The maximum absolute atomic E-state index is 12.6. The average molecular weight is 373 g/mol. The normalized spacial score (nSPS) is 16.3. The van der Waals surface area contributed by atoms with Crippen molar-refractivity contribution in [3.05, 3.63) is 53.0 Å². The molecule has 1 amide bonds. The third-order valence-corrected chi connectivity index (χ3v) is 4.50. The minimum absolute atomic E-state index is 0.110. The van der Waals surface area contributed by atoms with Crippen LogP contribution in [-0.4, -0.2) is 48.2 Å². The van der Waals surface area contributed by atoms with Crippen molar-refractivity contribution in [3.8, 4) is 5.75 Å². The highest BCUT2D eigenvalue weighted by Crippen LogP contribution is 2.19. The largest absolute Gasteiger partial charge is 0.491 e. The molecule has 1 aliphatic rings. The molecule has 3 rings (SSSR count). The van der Waals surface area contributed by atoms with Gasteiger partial charge in [-0.2, -0.15) is 0 Å². The van der Waals surface area contributed by atoms with Gasteiger partial charge in [0.1, 0.15) is 29.4 Å². The summed E-state index contributed by atoms with van der Waals surface area (Å²) in [5.41, 5.74) is 0.627. The monoisotopic (exact) mass is 373 g/mol. The Morgan fingerprint density at radius 1 is 1.30 bits per heavy atom. The van der Waals surface area contributed by atoms with Crippen LogP contribution in [0.4, 0.5) is 0 Å². The van der Waals surface area contributed by atoms with E-state index in [2.05, 4.69) is 0 Å². The van der Waals surface area contributed by atoms with E-state index in [0.29, 0.717) is 29.4 Å². The molecular formula is C20H23NO6. The van der Waals surface area contributed by atoms with E-state index in [9.17, 15) is 9.59 Å². The number of ether oxygens (including phenoxy) is 2. The topological polar surface area (TPSA) is 89.2 Å². The number of carboxylic acids is 1. The van der Waals surface area contributed by atoms with E-state index >= 15 is 0 Å². The van der Waals surface area contributed by atoms with E-state index in [0.717, 1.165) is 19.4 Å². The molecule has 2 aromatic rings. The zero-order chi connectivity index (χ0) is 19.4. The van der Waals surface area contributed by atoms with Gasteiger partial charge in [-0.25, -0.2) is 4.79 Å². The molecule has 0 saturated carbocycles. The number of aromatic carboxylic acids is 1. The van der Waals surface area contributed by atoms with Crippen molar-refractivity contribution < 1.29 is 28.6 Å². The molecule has 1 fully saturated rings. The van der Waals surface area contributed by atoms with E-state index in [-0.39, 0.29) is 24.1 Å². The Morgan fingerprint density at radius 2 is 2.04 bits per heavy atom. The van der Waals surface area contributed by atoms with Gasteiger partial charge in [0.2, 0.25) is 0 Å². The van der Waals surface area contributed by atoms with Crippen LogP contribution in [0.5, 0.6) is 5.75 Å². The number of amides is 1. The molecule has 0 bridgehead atoms. The summed E-state index contributed by atoms with van der Waals surface area (Å²) in [6.07, 6.45) is 2.22. The van der Waals surface area contributed by atoms with Crippen LogP contribution in [0.1, 0.15) is 45.1 Å². The predicted octanol–water partition coefficient (Wildman–Crippen LogP) is 3.12. The molecule has 0 unspecified atom stereocenters. The Bertz CT molecular complexity index is 804. The lowest BCUT2D eigenvalue weighted by Gasteiger charge is -2.16. The molecule has 27 heavy (non-hydrogen) atoms. The van der Waals surface area contributed by atoms with Crippen LogP contribution in [0, 0.1) is 6.92 Å². The lowest BCUT2D eigenvalue weighted by Crippen LogP contribution is -2.26. The Hall–Kier alpha value is -2.80. The van der Waals surface area contributed by atoms with E-state index in [1.54, 1.807) is 38.2 Å². The number of carbonyl (C=O) groups is 2. The van der Waals surface area contributed by atoms with Gasteiger partial charge < -0.3 is 23.9 Å². The fourth-order valence-electron chi connectivity index (χ4n) is 3.02. The lowest BCUT2D eigenvalue weighted by molar-refractivity contribution is 0.0678. The predicted molar refractivity (Wildman–Crippen MR) is 97.1 cm³/mol. The number of hydrogen-bond donors (Lipinski definition) is 1. The molecule has 7 nitrogen and oxygen atoms in total. The van der Waals surface area contributed by atoms with Crippen LogP contribution < -0.4 is 4.74 Å². The number of aryl methyl sites for hydroxylation is 1. The second-order valence-electron chi connectivity index (χ2n) is 6.62. The van der Waals surface area contributed by atoms with E-state index in [1.807, 2.05) is 0 Å². The molecular weight excluding hydrogens is 350 g/mol. The Kier molecular flexibility index (Phi) is 5.81. The van der Waals surface area contributed by atoms with Gasteiger partial charge >= 0.3 is 5.97 Å².